The van der Waals surface area contributed by atoms with Crippen molar-refractivity contribution in [2.75, 3.05) is 0 Å². The summed E-state index contributed by atoms with van der Waals surface area (Å²) in [6, 6.07) is 21.4. The average molecular weight is 327 g/mol. The van der Waals surface area contributed by atoms with Gasteiger partial charge >= 0.3 is 0 Å². The molecule has 3 rings (SSSR count). The number of hydrogen-bond acceptors (Lipinski definition) is 1. The van der Waals surface area contributed by atoms with Crippen LogP contribution in [-0.4, -0.2) is 6.04 Å². The van der Waals surface area contributed by atoms with E-state index in [0.29, 0.717) is 12.0 Å². The minimum atomic E-state index is 0.364. The molecule has 1 N–H and O–H groups in total. The van der Waals surface area contributed by atoms with Crippen molar-refractivity contribution < 1.29 is 0 Å². The lowest BCUT2D eigenvalue weighted by Gasteiger charge is -2.17. The molecular formula is C24H25N. The number of nitrogens with one attached hydrogen (secondary N) is 1. The Morgan fingerprint density at radius 1 is 1.04 bits per heavy atom. The molecule has 0 saturated carbocycles. The molecule has 0 spiro atoms. The molecule has 0 heterocycles. The van der Waals surface area contributed by atoms with Crippen molar-refractivity contribution in [3.8, 4) is 0 Å². The summed E-state index contributed by atoms with van der Waals surface area (Å²) < 4.78 is 0. The van der Waals surface area contributed by atoms with Crippen LogP contribution >= 0.6 is 0 Å². The Labute approximate surface area is 151 Å². The summed E-state index contributed by atoms with van der Waals surface area (Å²) >= 11 is 0. The van der Waals surface area contributed by atoms with Crippen molar-refractivity contribution in [3.05, 3.63) is 115 Å². The molecule has 1 nitrogen and oxygen atoms in total. The van der Waals surface area contributed by atoms with Gasteiger partial charge in [-0.15, -0.1) is 6.58 Å². The van der Waals surface area contributed by atoms with E-state index in [4.69, 9.17) is 0 Å². The smallest absolute Gasteiger partial charge is 0.0476 e. The zero-order valence-corrected chi connectivity index (χ0v) is 14.5. The Bertz CT molecular complexity index is 753. The fourth-order valence-corrected chi connectivity index (χ4v) is 3.06. The van der Waals surface area contributed by atoms with Gasteiger partial charge < -0.3 is 5.32 Å². The summed E-state index contributed by atoms with van der Waals surface area (Å²) in [6.07, 6.45) is 15.0. The molecule has 1 heteroatoms. The molecule has 0 bridgehead atoms. The molecule has 126 valence electrons. The molecule has 0 radical (unpaired) electrons. The van der Waals surface area contributed by atoms with Gasteiger partial charge in [0, 0.05) is 12.0 Å². The lowest BCUT2D eigenvalue weighted by atomic mass is 9.96. The van der Waals surface area contributed by atoms with Gasteiger partial charge in [-0.2, -0.15) is 0 Å². The van der Waals surface area contributed by atoms with Crippen molar-refractivity contribution >= 4 is 5.57 Å². The third-order valence-electron chi connectivity index (χ3n) is 4.54. The highest BCUT2D eigenvalue weighted by Crippen LogP contribution is 2.22. The summed E-state index contributed by atoms with van der Waals surface area (Å²) in [5.41, 5.74) is 3.90. The molecule has 2 aromatic rings. The van der Waals surface area contributed by atoms with E-state index < -0.39 is 0 Å². The second-order valence-corrected chi connectivity index (χ2v) is 6.28. The molecular weight excluding hydrogens is 302 g/mol. The van der Waals surface area contributed by atoms with E-state index in [0.717, 1.165) is 12.8 Å². The zero-order chi connectivity index (χ0) is 17.3. The van der Waals surface area contributed by atoms with E-state index in [-0.39, 0.29) is 0 Å². The minimum absolute atomic E-state index is 0.364. The Balaban J connectivity index is 1.48. The molecule has 2 atom stereocenters. The number of hydrogen-bond donors (Lipinski definition) is 1. The normalized spacial score (nSPS) is 17.9. The van der Waals surface area contributed by atoms with E-state index in [2.05, 4.69) is 97.0 Å². The first-order valence-corrected chi connectivity index (χ1v) is 8.89. The van der Waals surface area contributed by atoms with E-state index in [9.17, 15) is 0 Å². The van der Waals surface area contributed by atoms with Gasteiger partial charge in [0.05, 0.1) is 0 Å². The maximum absolute atomic E-state index is 3.97. The average Bonchev–Trinajstić information content (AvgIpc) is 2.70. The molecule has 0 aliphatic heterocycles. The SMILES string of the molecule is C=CC(C/C=C/NC1C=CC(c2ccccc2)=CC1)c1ccccc1. The lowest BCUT2D eigenvalue weighted by molar-refractivity contribution is 0.702. The first kappa shape index (κ1) is 17.0. The summed E-state index contributed by atoms with van der Waals surface area (Å²) in [5.74, 6) is 0.366. The van der Waals surface area contributed by atoms with Gasteiger partial charge in [0.2, 0.25) is 0 Å². The first-order chi connectivity index (χ1) is 12.4. The molecule has 0 aromatic heterocycles. The number of rotatable bonds is 7. The fourth-order valence-electron chi connectivity index (χ4n) is 3.06. The Morgan fingerprint density at radius 3 is 2.40 bits per heavy atom. The van der Waals surface area contributed by atoms with E-state index >= 15 is 0 Å². The van der Waals surface area contributed by atoms with Crippen molar-refractivity contribution in [2.24, 2.45) is 0 Å². The predicted octanol–water partition coefficient (Wildman–Crippen LogP) is 5.86. The van der Waals surface area contributed by atoms with Crippen LogP contribution in [0.1, 0.15) is 29.9 Å². The molecule has 0 saturated heterocycles. The highest BCUT2D eigenvalue weighted by atomic mass is 14.9. The van der Waals surface area contributed by atoms with Gasteiger partial charge in [-0.25, -0.2) is 0 Å². The third kappa shape index (κ3) is 4.84. The Morgan fingerprint density at radius 2 is 1.76 bits per heavy atom. The number of benzene rings is 2. The molecule has 0 fully saturated rings. The second-order valence-electron chi connectivity index (χ2n) is 6.28. The minimum Gasteiger partial charge on any atom is -0.385 e. The first-order valence-electron chi connectivity index (χ1n) is 8.89. The quantitative estimate of drug-likeness (QED) is 0.628. The summed E-state index contributed by atoms with van der Waals surface area (Å²) in [7, 11) is 0. The van der Waals surface area contributed by atoms with Crippen LogP contribution in [0.2, 0.25) is 0 Å². The molecule has 0 amide bonds. The summed E-state index contributed by atoms with van der Waals surface area (Å²) in [5, 5.41) is 3.48. The van der Waals surface area contributed by atoms with Crippen molar-refractivity contribution in [2.45, 2.75) is 24.8 Å². The highest BCUT2D eigenvalue weighted by Gasteiger charge is 2.08. The van der Waals surface area contributed by atoms with Crippen LogP contribution in [0.3, 0.4) is 0 Å². The van der Waals surface area contributed by atoms with Crippen LogP contribution in [0.25, 0.3) is 5.57 Å². The largest absolute Gasteiger partial charge is 0.385 e. The zero-order valence-electron chi connectivity index (χ0n) is 14.5. The molecule has 2 unspecified atom stereocenters. The van der Waals surface area contributed by atoms with E-state index in [1.54, 1.807) is 0 Å². The van der Waals surface area contributed by atoms with Crippen LogP contribution in [0.4, 0.5) is 0 Å². The van der Waals surface area contributed by atoms with Crippen molar-refractivity contribution in [3.63, 3.8) is 0 Å². The maximum atomic E-state index is 3.97. The van der Waals surface area contributed by atoms with E-state index in [1.807, 2.05) is 12.1 Å². The summed E-state index contributed by atoms with van der Waals surface area (Å²) in [4.78, 5) is 0. The molecule has 1 aliphatic rings. The van der Waals surface area contributed by atoms with Crippen LogP contribution < -0.4 is 5.32 Å². The van der Waals surface area contributed by atoms with Gasteiger partial charge in [-0.3, -0.25) is 0 Å². The van der Waals surface area contributed by atoms with Crippen LogP contribution in [0.5, 0.6) is 0 Å². The van der Waals surface area contributed by atoms with Crippen LogP contribution in [0.15, 0.2) is 104 Å². The molecule has 1 aliphatic carbocycles. The van der Waals surface area contributed by atoms with Crippen molar-refractivity contribution in [1.82, 2.24) is 5.32 Å². The van der Waals surface area contributed by atoms with Gasteiger partial charge in [0.15, 0.2) is 0 Å². The lowest BCUT2D eigenvalue weighted by Crippen LogP contribution is -2.22. The van der Waals surface area contributed by atoms with E-state index in [1.165, 1.54) is 16.7 Å². The van der Waals surface area contributed by atoms with Gasteiger partial charge in [0.1, 0.15) is 0 Å². The topological polar surface area (TPSA) is 12.0 Å². The van der Waals surface area contributed by atoms with Crippen molar-refractivity contribution in [1.29, 1.82) is 0 Å². The standard InChI is InChI=1S/C24H25N/c1-2-20(21-10-5-3-6-11-21)14-9-19-25-24-17-15-23(16-18-24)22-12-7-4-8-13-22/h2-13,15-17,19-20,24-25H,1,14,18H2/b19-9+. The summed E-state index contributed by atoms with van der Waals surface area (Å²) in [6.45, 7) is 3.97. The second kappa shape index (κ2) is 8.89. The Hall–Kier alpha value is -2.80. The monoisotopic (exact) mass is 327 g/mol. The van der Waals surface area contributed by atoms with Crippen LogP contribution in [0, 0.1) is 0 Å². The Kier molecular flexibility index (Phi) is 6.06. The fraction of sp³-hybridized carbons (Fsp3) is 0.167. The van der Waals surface area contributed by atoms with Gasteiger partial charge in [-0.1, -0.05) is 91.0 Å². The van der Waals surface area contributed by atoms with Crippen LogP contribution in [-0.2, 0) is 0 Å². The van der Waals surface area contributed by atoms with Gasteiger partial charge in [-0.05, 0) is 35.7 Å². The molecule has 2 aromatic carbocycles. The third-order valence-corrected chi connectivity index (χ3v) is 4.54. The maximum Gasteiger partial charge on any atom is 0.0476 e. The van der Waals surface area contributed by atoms with Gasteiger partial charge in [0.25, 0.3) is 0 Å². The highest BCUT2D eigenvalue weighted by molar-refractivity contribution is 5.75. The molecule has 25 heavy (non-hydrogen) atoms. The number of allylic oxidation sites excluding steroid dienone is 4. The predicted molar refractivity (Wildman–Crippen MR) is 108 cm³/mol.